The van der Waals surface area contributed by atoms with E-state index in [0.717, 1.165) is 83.6 Å². The Labute approximate surface area is 428 Å². The Morgan fingerprint density at radius 3 is 1.83 bits per heavy atom. The Bertz CT molecular complexity index is 3540. The third-order valence-corrected chi connectivity index (χ3v) is 13.5. The SMILES string of the molecule is Cc1ccc(-c2ccnc(-c3[c-]c(-c4cccc5c4nc(-c4cc(C(C)(C)C)cc(C)c4O)n5-c4ccc(-c5c(-c6ccccc6)cccc5C(C)(C)C)cc4C)cc(-c4ccccc4)c3)c2)cc1.[Pt]. The first-order valence-corrected chi connectivity index (χ1v) is 24.0. The van der Waals surface area contributed by atoms with Gasteiger partial charge >= 0.3 is 0 Å². The van der Waals surface area contributed by atoms with Gasteiger partial charge in [-0.15, -0.1) is 23.8 Å². The summed E-state index contributed by atoms with van der Waals surface area (Å²) in [6.07, 6.45) is 1.89. The third-order valence-electron chi connectivity index (χ3n) is 13.5. The van der Waals surface area contributed by atoms with E-state index in [2.05, 4.69) is 236 Å². The number of aryl methyl sites for hydroxylation is 3. The van der Waals surface area contributed by atoms with Crippen molar-refractivity contribution in [1.29, 1.82) is 0 Å². The summed E-state index contributed by atoms with van der Waals surface area (Å²) in [6.45, 7) is 19.8. The first kappa shape index (κ1) is 47.9. The van der Waals surface area contributed by atoms with E-state index in [0.29, 0.717) is 11.4 Å². The summed E-state index contributed by atoms with van der Waals surface area (Å²) in [7, 11) is 0. The van der Waals surface area contributed by atoms with Gasteiger partial charge in [0.15, 0.2) is 0 Å². The van der Waals surface area contributed by atoms with E-state index in [-0.39, 0.29) is 37.6 Å². The number of benzene rings is 8. The van der Waals surface area contributed by atoms with Crippen molar-refractivity contribution in [3.05, 3.63) is 216 Å². The van der Waals surface area contributed by atoms with Crippen LogP contribution in [0.2, 0.25) is 0 Å². The fourth-order valence-corrected chi connectivity index (χ4v) is 9.69. The molecular formula is C65H58N3OPt-. The number of hydrogen-bond donors (Lipinski definition) is 1. The maximum absolute atomic E-state index is 12.1. The molecule has 2 heterocycles. The number of nitrogens with zero attached hydrogens (tertiary/aromatic N) is 3. The van der Waals surface area contributed by atoms with Gasteiger partial charge in [-0.05, 0) is 123 Å². The topological polar surface area (TPSA) is 50.9 Å². The molecule has 1 N–H and O–H groups in total. The minimum atomic E-state index is -0.169. The number of hydrogen-bond acceptors (Lipinski definition) is 3. The summed E-state index contributed by atoms with van der Waals surface area (Å²) in [5, 5.41) is 12.1. The van der Waals surface area contributed by atoms with Crippen molar-refractivity contribution in [2.45, 2.75) is 73.1 Å². The zero-order chi connectivity index (χ0) is 48.2. The van der Waals surface area contributed by atoms with Crippen LogP contribution in [-0.2, 0) is 31.9 Å². The molecule has 0 atom stereocenters. The summed E-state index contributed by atoms with van der Waals surface area (Å²) < 4.78 is 2.25. The van der Waals surface area contributed by atoms with E-state index in [1.165, 1.54) is 27.8 Å². The Balaban J connectivity index is 0.00000608. The summed E-state index contributed by atoms with van der Waals surface area (Å²) >= 11 is 0. The molecule has 350 valence electrons. The molecule has 0 aliphatic rings. The van der Waals surface area contributed by atoms with E-state index in [9.17, 15) is 5.11 Å². The Morgan fingerprint density at radius 2 is 1.14 bits per heavy atom. The smallest absolute Gasteiger partial charge is 0.148 e. The van der Waals surface area contributed by atoms with Gasteiger partial charge in [0.05, 0.1) is 22.3 Å². The average molecular weight is 1090 g/mol. The molecule has 0 unspecified atom stereocenters. The second kappa shape index (κ2) is 19.0. The number of phenols is 1. The van der Waals surface area contributed by atoms with Crippen LogP contribution in [-0.4, -0.2) is 19.6 Å². The monoisotopic (exact) mass is 1090 g/mol. The fourth-order valence-electron chi connectivity index (χ4n) is 9.69. The predicted molar refractivity (Wildman–Crippen MR) is 289 cm³/mol. The van der Waals surface area contributed by atoms with E-state index in [1.54, 1.807) is 0 Å². The van der Waals surface area contributed by atoms with Gasteiger partial charge in [0.2, 0.25) is 0 Å². The molecule has 0 aliphatic carbocycles. The van der Waals surface area contributed by atoms with Crippen molar-refractivity contribution in [3.63, 3.8) is 0 Å². The third kappa shape index (κ3) is 9.21. The zero-order valence-electron chi connectivity index (χ0n) is 41.4. The molecule has 2 aromatic heterocycles. The summed E-state index contributed by atoms with van der Waals surface area (Å²) in [5.74, 6) is 0.897. The molecule has 0 aliphatic heterocycles. The van der Waals surface area contributed by atoms with Crippen LogP contribution in [0.25, 0.3) is 95.0 Å². The molecular weight excluding hydrogens is 1030 g/mol. The van der Waals surface area contributed by atoms with E-state index in [1.807, 2.05) is 19.2 Å². The van der Waals surface area contributed by atoms with Crippen LogP contribution in [0, 0.1) is 26.8 Å². The number of fused-ring (bicyclic) bond motifs is 1. The summed E-state index contributed by atoms with van der Waals surface area (Å²) in [4.78, 5) is 10.5. The molecule has 10 rings (SSSR count). The fraction of sp³-hybridized carbons (Fsp3) is 0.169. The summed E-state index contributed by atoms with van der Waals surface area (Å²) in [6, 6.07) is 66.4. The predicted octanol–water partition coefficient (Wildman–Crippen LogP) is 17.1. The van der Waals surface area contributed by atoms with Gasteiger partial charge in [-0.2, -0.15) is 0 Å². The first-order chi connectivity index (χ1) is 33.1. The van der Waals surface area contributed by atoms with Crippen LogP contribution in [0.1, 0.15) is 69.4 Å². The van der Waals surface area contributed by atoms with Gasteiger partial charge in [-0.1, -0.05) is 197 Å². The van der Waals surface area contributed by atoms with Gasteiger partial charge in [0, 0.05) is 33.0 Å². The molecule has 70 heavy (non-hydrogen) atoms. The van der Waals surface area contributed by atoms with Crippen molar-refractivity contribution in [2.24, 2.45) is 0 Å². The zero-order valence-corrected chi connectivity index (χ0v) is 43.7. The average Bonchev–Trinajstić information content (AvgIpc) is 3.74. The molecule has 8 aromatic carbocycles. The van der Waals surface area contributed by atoms with Crippen molar-refractivity contribution in [2.75, 3.05) is 0 Å². The van der Waals surface area contributed by atoms with Gasteiger partial charge in [-0.3, -0.25) is 9.55 Å². The van der Waals surface area contributed by atoms with Gasteiger partial charge in [0.1, 0.15) is 11.6 Å². The Kier molecular flexibility index (Phi) is 13.0. The van der Waals surface area contributed by atoms with E-state index in [4.69, 9.17) is 9.97 Å². The Morgan fingerprint density at radius 1 is 0.500 bits per heavy atom. The molecule has 4 nitrogen and oxygen atoms in total. The first-order valence-electron chi connectivity index (χ1n) is 24.0. The van der Waals surface area contributed by atoms with Crippen molar-refractivity contribution in [1.82, 2.24) is 14.5 Å². The molecule has 0 amide bonds. The number of imidazole rings is 1. The van der Waals surface area contributed by atoms with E-state index < -0.39 is 0 Å². The van der Waals surface area contributed by atoms with Crippen LogP contribution in [0.5, 0.6) is 5.75 Å². The minimum Gasteiger partial charge on any atom is -0.507 e. The van der Waals surface area contributed by atoms with Crippen LogP contribution in [0.4, 0.5) is 0 Å². The largest absolute Gasteiger partial charge is 0.507 e. The molecule has 0 saturated carbocycles. The minimum absolute atomic E-state index is 0. The van der Waals surface area contributed by atoms with Gasteiger partial charge in [-0.25, -0.2) is 4.98 Å². The van der Waals surface area contributed by atoms with Gasteiger partial charge in [0.25, 0.3) is 0 Å². The Hall–Kier alpha value is -7.13. The molecule has 0 fully saturated rings. The van der Waals surface area contributed by atoms with Crippen LogP contribution in [0.3, 0.4) is 0 Å². The number of phenolic OH excluding ortho intramolecular Hbond substituents is 1. The second-order valence-electron chi connectivity index (χ2n) is 20.6. The van der Waals surface area contributed by atoms with Crippen LogP contribution < -0.4 is 0 Å². The van der Waals surface area contributed by atoms with E-state index >= 15 is 0 Å². The maximum atomic E-state index is 12.1. The molecule has 0 bridgehead atoms. The quantitative estimate of drug-likeness (QED) is 0.154. The molecule has 5 heteroatoms. The van der Waals surface area contributed by atoms with Crippen LogP contribution >= 0.6 is 0 Å². The second-order valence-corrected chi connectivity index (χ2v) is 20.6. The number of aromatic hydroxyl groups is 1. The number of aromatic nitrogens is 3. The normalized spacial score (nSPS) is 11.7. The number of rotatable bonds is 8. The maximum Gasteiger partial charge on any atom is 0.148 e. The molecule has 0 saturated heterocycles. The van der Waals surface area contributed by atoms with Crippen molar-refractivity contribution < 1.29 is 26.2 Å². The van der Waals surface area contributed by atoms with Crippen LogP contribution in [0.15, 0.2) is 182 Å². The van der Waals surface area contributed by atoms with Crippen molar-refractivity contribution >= 4 is 11.0 Å². The number of pyridine rings is 1. The summed E-state index contributed by atoms with van der Waals surface area (Å²) in [5.41, 5.74) is 21.4. The van der Waals surface area contributed by atoms with Crippen molar-refractivity contribution in [3.8, 4) is 89.7 Å². The van der Waals surface area contributed by atoms with Gasteiger partial charge < -0.3 is 5.11 Å². The molecule has 0 radical (unpaired) electrons. The molecule has 0 spiro atoms. The molecule has 10 aromatic rings. The number of para-hydroxylation sites is 1. The standard InChI is InChI=1S/C65H58N3O.Pt/c1-41-26-28-45(29-27-41)47-32-33-66-57(39-47)51-37-49(44-18-12-10-13-19-44)36-50(38-51)54-23-17-25-59-61(54)67-63(55-40-52(64(4,5)6)35-43(3)62(55)69)68(59)58-31-30-48(34-42(58)2)60-53(46-20-14-11-15-21-46)22-16-24-56(60)65(7,8)9;/h10-37,39-40,69H,1-9H3;/q-1;.